The summed E-state index contributed by atoms with van der Waals surface area (Å²) in [5.41, 5.74) is 5.08. The van der Waals surface area contributed by atoms with Crippen molar-refractivity contribution in [2.75, 3.05) is 12.0 Å². The van der Waals surface area contributed by atoms with Crippen LogP contribution in [0.5, 0.6) is 0 Å². The summed E-state index contributed by atoms with van der Waals surface area (Å²) in [5.74, 6) is 0.715. The van der Waals surface area contributed by atoms with E-state index in [0.29, 0.717) is 11.7 Å². The van der Waals surface area contributed by atoms with Gasteiger partial charge in [-0.25, -0.2) is 0 Å². The van der Waals surface area contributed by atoms with Gasteiger partial charge in [0.1, 0.15) is 5.54 Å². The molecular formula is C12H20N4OS3. The Bertz CT molecular complexity index is 475. The van der Waals surface area contributed by atoms with Gasteiger partial charge in [0.05, 0.1) is 0 Å². The number of primary amides is 1. The molecule has 0 radical (unpaired) electrons. The van der Waals surface area contributed by atoms with E-state index in [-0.39, 0.29) is 11.9 Å². The third-order valence-electron chi connectivity index (χ3n) is 3.25. The average molecular weight is 333 g/mol. The van der Waals surface area contributed by atoms with Gasteiger partial charge in [-0.15, -0.1) is 10.2 Å². The lowest BCUT2D eigenvalue weighted by atomic mass is 9.93. The molecule has 1 atom stereocenters. The van der Waals surface area contributed by atoms with Gasteiger partial charge in [0.25, 0.3) is 0 Å². The minimum Gasteiger partial charge on any atom is -0.368 e. The maximum absolute atomic E-state index is 12.0. The fourth-order valence-corrected chi connectivity index (χ4v) is 4.95. The van der Waals surface area contributed by atoms with E-state index in [1.54, 1.807) is 34.9 Å². The molecule has 2 rings (SSSR count). The maximum Gasteiger partial charge on any atom is 0.238 e. The molecule has 1 aromatic rings. The number of nitrogens with one attached hydrogen (secondary N) is 1. The predicted octanol–water partition coefficient (Wildman–Crippen LogP) is 1.98. The number of carbonyl (C=O) groups is 1. The van der Waals surface area contributed by atoms with E-state index in [4.69, 9.17) is 5.73 Å². The first-order valence-corrected chi connectivity index (χ1v) is 9.58. The lowest BCUT2D eigenvalue weighted by Gasteiger charge is -2.33. The second-order valence-electron chi connectivity index (χ2n) is 5.24. The van der Waals surface area contributed by atoms with Crippen LogP contribution in [0.1, 0.15) is 26.7 Å². The first-order valence-electron chi connectivity index (χ1n) is 6.56. The van der Waals surface area contributed by atoms with Gasteiger partial charge in [0.15, 0.2) is 8.68 Å². The first kappa shape index (κ1) is 16.1. The standard InChI is InChI=1S/C12H20N4OS3/c1-7(2)14-12(9(13)17,8-4-5-8)6-19-11-16-15-10(18-3)20-11/h7-8,14H,4-6H2,1-3H3,(H2,13,17). The summed E-state index contributed by atoms with van der Waals surface area (Å²) in [6, 6.07) is 0.222. The highest BCUT2D eigenvalue weighted by atomic mass is 32.2. The maximum atomic E-state index is 12.0. The van der Waals surface area contributed by atoms with Crippen LogP contribution in [0.3, 0.4) is 0 Å². The molecule has 0 spiro atoms. The van der Waals surface area contributed by atoms with Gasteiger partial charge in [0, 0.05) is 11.8 Å². The second kappa shape index (κ2) is 6.64. The molecule has 0 aliphatic heterocycles. The van der Waals surface area contributed by atoms with E-state index in [0.717, 1.165) is 21.5 Å². The molecule has 5 nitrogen and oxygen atoms in total. The van der Waals surface area contributed by atoms with E-state index in [9.17, 15) is 4.79 Å². The van der Waals surface area contributed by atoms with Crippen LogP contribution in [0, 0.1) is 5.92 Å². The molecule has 1 fully saturated rings. The Morgan fingerprint density at radius 2 is 2.15 bits per heavy atom. The van der Waals surface area contributed by atoms with Gasteiger partial charge in [-0.3, -0.25) is 4.79 Å². The Hall–Kier alpha value is -0.310. The summed E-state index contributed by atoms with van der Waals surface area (Å²) in [6.07, 6.45) is 4.11. The van der Waals surface area contributed by atoms with Crippen molar-refractivity contribution in [3.8, 4) is 0 Å². The number of aromatic nitrogens is 2. The predicted molar refractivity (Wildman–Crippen MR) is 85.3 cm³/mol. The summed E-state index contributed by atoms with van der Waals surface area (Å²) in [4.78, 5) is 12.0. The van der Waals surface area contributed by atoms with Crippen LogP contribution in [0.4, 0.5) is 0 Å². The minimum atomic E-state index is -0.621. The summed E-state index contributed by atoms with van der Waals surface area (Å²) < 4.78 is 1.84. The molecule has 8 heteroatoms. The third kappa shape index (κ3) is 3.66. The quantitative estimate of drug-likeness (QED) is 0.709. The third-order valence-corrected chi connectivity index (χ3v) is 6.47. The Labute approximate surface area is 131 Å². The zero-order chi connectivity index (χ0) is 14.8. The van der Waals surface area contributed by atoms with Gasteiger partial charge in [-0.2, -0.15) is 0 Å². The number of hydrogen-bond acceptors (Lipinski definition) is 7. The fraction of sp³-hybridized carbons (Fsp3) is 0.750. The Morgan fingerprint density at radius 3 is 2.60 bits per heavy atom. The number of rotatable bonds is 8. The Morgan fingerprint density at radius 1 is 1.50 bits per heavy atom. The molecule has 1 unspecified atom stereocenters. The molecule has 0 bridgehead atoms. The smallest absolute Gasteiger partial charge is 0.238 e. The monoisotopic (exact) mass is 332 g/mol. The number of thioether (sulfide) groups is 2. The lowest BCUT2D eigenvalue weighted by molar-refractivity contribution is -0.124. The number of carbonyl (C=O) groups excluding carboxylic acids is 1. The normalized spacial score (nSPS) is 18.2. The number of amides is 1. The summed E-state index contributed by atoms with van der Waals surface area (Å²) in [5, 5.41) is 11.6. The van der Waals surface area contributed by atoms with E-state index in [1.807, 2.05) is 20.1 Å². The topological polar surface area (TPSA) is 80.9 Å². The van der Waals surface area contributed by atoms with Crippen molar-refractivity contribution in [3.05, 3.63) is 0 Å². The van der Waals surface area contributed by atoms with Crippen LogP contribution in [0.15, 0.2) is 8.68 Å². The van der Waals surface area contributed by atoms with Gasteiger partial charge in [-0.1, -0.05) is 34.9 Å². The van der Waals surface area contributed by atoms with Crippen molar-refractivity contribution in [1.82, 2.24) is 15.5 Å². The molecule has 20 heavy (non-hydrogen) atoms. The molecule has 112 valence electrons. The van der Waals surface area contributed by atoms with Crippen molar-refractivity contribution in [2.45, 2.75) is 46.9 Å². The molecular weight excluding hydrogens is 312 g/mol. The van der Waals surface area contributed by atoms with Crippen LogP contribution in [0.2, 0.25) is 0 Å². The Kier molecular flexibility index (Phi) is 5.33. The average Bonchev–Trinajstić information content (AvgIpc) is 3.13. The highest BCUT2D eigenvalue weighted by Gasteiger charge is 2.50. The molecule has 1 aliphatic rings. The number of nitrogens with two attached hydrogens (primary N) is 1. The Balaban J connectivity index is 2.08. The molecule has 1 aliphatic carbocycles. The largest absolute Gasteiger partial charge is 0.368 e. The molecule has 1 heterocycles. The fourth-order valence-electron chi connectivity index (χ4n) is 2.23. The second-order valence-corrected chi connectivity index (χ2v) is 8.49. The first-order chi connectivity index (χ1) is 9.48. The molecule has 3 N–H and O–H groups in total. The van der Waals surface area contributed by atoms with Crippen molar-refractivity contribution in [1.29, 1.82) is 0 Å². The molecule has 1 amide bonds. The molecule has 0 aromatic carbocycles. The van der Waals surface area contributed by atoms with E-state index < -0.39 is 5.54 Å². The van der Waals surface area contributed by atoms with Crippen LogP contribution in [-0.4, -0.2) is 39.7 Å². The van der Waals surface area contributed by atoms with Gasteiger partial charge < -0.3 is 11.1 Å². The van der Waals surface area contributed by atoms with Crippen molar-refractivity contribution >= 4 is 40.8 Å². The number of hydrogen-bond donors (Lipinski definition) is 2. The highest BCUT2D eigenvalue weighted by Crippen LogP contribution is 2.43. The van der Waals surface area contributed by atoms with E-state index in [1.165, 1.54) is 0 Å². The van der Waals surface area contributed by atoms with Crippen LogP contribution >= 0.6 is 34.9 Å². The number of nitrogens with zero attached hydrogens (tertiary/aromatic N) is 2. The zero-order valence-corrected chi connectivity index (χ0v) is 14.3. The van der Waals surface area contributed by atoms with Crippen molar-refractivity contribution in [2.24, 2.45) is 11.7 Å². The molecule has 0 saturated heterocycles. The van der Waals surface area contributed by atoms with Gasteiger partial charge >= 0.3 is 0 Å². The summed E-state index contributed by atoms with van der Waals surface area (Å²) >= 11 is 4.71. The SMILES string of the molecule is CSc1nnc(SCC(NC(C)C)(C(N)=O)C2CC2)s1. The summed E-state index contributed by atoms with van der Waals surface area (Å²) in [6.45, 7) is 4.09. The van der Waals surface area contributed by atoms with Crippen LogP contribution < -0.4 is 11.1 Å². The highest BCUT2D eigenvalue weighted by molar-refractivity contribution is 8.03. The van der Waals surface area contributed by atoms with E-state index >= 15 is 0 Å². The molecule has 1 aromatic heterocycles. The van der Waals surface area contributed by atoms with Crippen molar-refractivity contribution < 1.29 is 4.79 Å². The van der Waals surface area contributed by atoms with E-state index in [2.05, 4.69) is 15.5 Å². The zero-order valence-electron chi connectivity index (χ0n) is 11.9. The van der Waals surface area contributed by atoms with Crippen molar-refractivity contribution in [3.63, 3.8) is 0 Å². The molecule has 1 saturated carbocycles. The van der Waals surface area contributed by atoms with Crippen LogP contribution in [-0.2, 0) is 4.79 Å². The minimum absolute atomic E-state index is 0.222. The summed E-state index contributed by atoms with van der Waals surface area (Å²) in [7, 11) is 0. The van der Waals surface area contributed by atoms with Crippen LogP contribution in [0.25, 0.3) is 0 Å². The van der Waals surface area contributed by atoms with Gasteiger partial charge in [0.2, 0.25) is 5.91 Å². The van der Waals surface area contributed by atoms with Gasteiger partial charge in [-0.05, 0) is 38.9 Å². The lowest BCUT2D eigenvalue weighted by Crippen LogP contribution is -2.61.